The molecular weight excluding hydrogens is 450 g/mol. The monoisotopic (exact) mass is 460 g/mol. The third kappa shape index (κ3) is 2.61. The van der Waals surface area contributed by atoms with Gasteiger partial charge in [-0.2, -0.15) is 26.3 Å². The maximum Gasteiger partial charge on any atom is 0.410 e. The lowest BCUT2D eigenvalue weighted by atomic mass is 9.63. The van der Waals surface area contributed by atoms with Gasteiger partial charge in [-0.3, -0.25) is 4.79 Å². The maximum atomic E-state index is 14.4. The molecule has 0 spiro atoms. The summed E-state index contributed by atoms with van der Waals surface area (Å²) in [5, 5.41) is 0. The number of allylic oxidation sites excluding steroid dienone is 3. The molecule has 0 saturated carbocycles. The molecule has 0 aromatic heterocycles. The van der Waals surface area contributed by atoms with Crippen molar-refractivity contribution in [3.63, 3.8) is 0 Å². The van der Waals surface area contributed by atoms with Gasteiger partial charge in [-0.15, -0.1) is 0 Å². The van der Waals surface area contributed by atoms with Crippen LogP contribution in [0.3, 0.4) is 0 Å². The van der Waals surface area contributed by atoms with Crippen LogP contribution >= 0.6 is 0 Å². The van der Waals surface area contributed by atoms with E-state index in [0.29, 0.717) is 30.4 Å². The third-order valence-electron chi connectivity index (χ3n) is 5.86. The summed E-state index contributed by atoms with van der Waals surface area (Å²) in [5.74, 6) is -5.02. The molecule has 6 nitrogen and oxygen atoms in total. The minimum atomic E-state index is -5.99. The Kier molecular flexibility index (Phi) is 4.29. The average Bonchev–Trinajstić information content (AvgIpc) is 3.05. The van der Waals surface area contributed by atoms with Crippen molar-refractivity contribution >= 4 is 23.9 Å². The number of cyclic esters (lactones) is 4. The smallest absolute Gasteiger partial charge is 0.389 e. The zero-order valence-corrected chi connectivity index (χ0v) is 15.8. The van der Waals surface area contributed by atoms with E-state index >= 15 is 0 Å². The van der Waals surface area contributed by atoms with Crippen molar-refractivity contribution in [2.75, 3.05) is 0 Å². The van der Waals surface area contributed by atoms with Gasteiger partial charge in [0.05, 0.1) is 16.7 Å². The number of carbonyl (C=O) groups is 4. The SMILES string of the molecule is CC12CC(C(c3ccc4c(c3)C(=O)OC4=O)(C(F)(F)F)C(F)(F)F)=CC=C1C(=O)OC2=O. The van der Waals surface area contributed by atoms with E-state index in [0.717, 1.165) is 6.92 Å². The predicted octanol–water partition coefficient (Wildman–Crippen LogP) is 3.71. The van der Waals surface area contributed by atoms with Gasteiger partial charge in [-0.05, 0) is 36.6 Å². The zero-order valence-electron chi connectivity index (χ0n) is 15.8. The Bertz CT molecular complexity index is 1160. The predicted molar refractivity (Wildman–Crippen MR) is 90.0 cm³/mol. The van der Waals surface area contributed by atoms with Crippen molar-refractivity contribution in [3.05, 3.63) is 58.2 Å². The second kappa shape index (κ2) is 6.30. The number of benzene rings is 1. The van der Waals surface area contributed by atoms with Crippen LogP contribution < -0.4 is 0 Å². The van der Waals surface area contributed by atoms with Crippen LogP contribution in [0.1, 0.15) is 39.6 Å². The van der Waals surface area contributed by atoms with Crippen molar-refractivity contribution in [1.29, 1.82) is 0 Å². The number of halogens is 6. The summed E-state index contributed by atoms with van der Waals surface area (Å²) < 4.78 is 94.8. The van der Waals surface area contributed by atoms with Gasteiger partial charge >= 0.3 is 36.2 Å². The fraction of sp³-hybridized carbons (Fsp3) is 0.300. The number of alkyl halides is 6. The Morgan fingerprint density at radius 3 is 2.00 bits per heavy atom. The molecule has 1 fully saturated rings. The van der Waals surface area contributed by atoms with Crippen LogP contribution in [0.25, 0.3) is 0 Å². The Morgan fingerprint density at radius 2 is 1.41 bits per heavy atom. The van der Waals surface area contributed by atoms with E-state index in [1.54, 1.807) is 0 Å². The topological polar surface area (TPSA) is 86.7 Å². The maximum absolute atomic E-state index is 14.4. The highest BCUT2D eigenvalue weighted by molar-refractivity contribution is 6.15. The molecular formula is C20H10F6O6. The molecule has 1 aromatic carbocycles. The van der Waals surface area contributed by atoms with E-state index in [-0.39, 0.29) is 5.57 Å². The van der Waals surface area contributed by atoms with Gasteiger partial charge in [-0.25, -0.2) is 14.4 Å². The molecule has 32 heavy (non-hydrogen) atoms. The first-order chi connectivity index (χ1) is 14.6. The van der Waals surface area contributed by atoms with Crippen LogP contribution in [0.5, 0.6) is 0 Å². The van der Waals surface area contributed by atoms with Gasteiger partial charge in [0, 0.05) is 0 Å². The number of ether oxygens (including phenoxy) is 2. The number of rotatable bonds is 2. The Morgan fingerprint density at radius 1 is 0.812 bits per heavy atom. The number of fused-ring (bicyclic) bond motifs is 2. The fourth-order valence-corrected chi connectivity index (χ4v) is 4.24. The highest BCUT2D eigenvalue weighted by Gasteiger charge is 2.74. The molecule has 0 amide bonds. The molecule has 12 heteroatoms. The van der Waals surface area contributed by atoms with Crippen molar-refractivity contribution in [2.24, 2.45) is 5.41 Å². The lowest BCUT2D eigenvalue weighted by Gasteiger charge is -2.42. The van der Waals surface area contributed by atoms with E-state index in [1.807, 2.05) is 0 Å². The molecule has 1 aliphatic carbocycles. The van der Waals surface area contributed by atoms with Crippen LogP contribution in [0, 0.1) is 5.41 Å². The average molecular weight is 460 g/mol. The lowest BCUT2D eigenvalue weighted by Crippen LogP contribution is -2.56. The summed E-state index contributed by atoms with van der Waals surface area (Å²) >= 11 is 0. The van der Waals surface area contributed by atoms with Gasteiger partial charge in [-0.1, -0.05) is 18.2 Å². The molecule has 4 rings (SSSR count). The van der Waals surface area contributed by atoms with E-state index in [9.17, 15) is 45.5 Å². The minimum Gasteiger partial charge on any atom is -0.389 e. The standard InChI is InChI=1S/C20H10F6O6/c1-17-7-9(3-5-12(17)15(29)32-16(17)30)18(19(21,22)23,20(24,25)26)8-2-4-10-11(6-8)14(28)31-13(10)27/h2-6H,7H2,1H3. The second-order valence-corrected chi connectivity index (χ2v) is 7.64. The van der Waals surface area contributed by atoms with Gasteiger partial charge in [0.25, 0.3) is 0 Å². The number of carbonyl (C=O) groups excluding carboxylic acids is 4. The molecule has 0 radical (unpaired) electrons. The molecule has 1 unspecified atom stereocenters. The summed E-state index contributed by atoms with van der Waals surface area (Å²) in [5.41, 5.74) is -11.0. The molecule has 0 N–H and O–H groups in total. The van der Waals surface area contributed by atoms with Crippen LogP contribution in [0.15, 0.2) is 41.5 Å². The minimum absolute atomic E-state index is 0.310. The van der Waals surface area contributed by atoms with Crippen molar-refractivity contribution < 1.29 is 55.0 Å². The highest BCUT2D eigenvalue weighted by atomic mass is 19.4. The number of hydrogen-bond acceptors (Lipinski definition) is 6. The van der Waals surface area contributed by atoms with Crippen LogP contribution in [-0.2, 0) is 24.5 Å². The van der Waals surface area contributed by atoms with Gasteiger partial charge in [0.15, 0.2) is 0 Å². The molecule has 1 aromatic rings. The van der Waals surface area contributed by atoms with Crippen LogP contribution in [0.2, 0.25) is 0 Å². The molecule has 2 heterocycles. The first kappa shape index (κ1) is 21.8. The fourth-order valence-electron chi connectivity index (χ4n) is 4.24. The lowest BCUT2D eigenvalue weighted by molar-refractivity contribution is -0.291. The first-order valence-electron chi connectivity index (χ1n) is 8.87. The van der Waals surface area contributed by atoms with Gasteiger partial charge < -0.3 is 9.47 Å². The number of esters is 4. The normalized spacial score (nSPS) is 23.3. The van der Waals surface area contributed by atoms with E-state index in [4.69, 9.17) is 0 Å². The van der Waals surface area contributed by atoms with Crippen molar-refractivity contribution in [1.82, 2.24) is 0 Å². The van der Waals surface area contributed by atoms with E-state index < -0.39 is 75.7 Å². The molecule has 2 aliphatic heterocycles. The Labute approximate surface area is 174 Å². The molecule has 1 saturated heterocycles. The quantitative estimate of drug-likeness (QED) is 0.380. The van der Waals surface area contributed by atoms with Gasteiger partial charge in [0.2, 0.25) is 5.41 Å². The second-order valence-electron chi connectivity index (χ2n) is 7.64. The van der Waals surface area contributed by atoms with E-state index in [1.165, 1.54) is 0 Å². The van der Waals surface area contributed by atoms with E-state index in [2.05, 4.69) is 9.47 Å². The largest absolute Gasteiger partial charge is 0.410 e. The molecule has 3 aliphatic rings. The number of hydrogen-bond donors (Lipinski definition) is 0. The summed E-state index contributed by atoms with van der Waals surface area (Å²) in [4.78, 5) is 47.2. The highest BCUT2D eigenvalue weighted by Crippen LogP contribution is 2.60. The van der Waals surface area contributed by atoms with Crippen LogP contribution in [-0.4, -0.2) is 36.2 Å². The van der Waals surface area contributed by atoms with Crippen LogP contribution in [0.4, 0.5) is 26.3 Å². The third-order valence-corrected chi connectivity index (χ3v) is 5.86. The summed E-state index contributed by atoms with van der Waals surface area (Å²) in [6, 6.07) is 1.38. The Balaban J connectivity index is 2.01. The van der Waals surface area contributed by atoms with Crippen molar-refractivity contribution in [2.45, 2.75) is 31.1 Å². The molecule has 1 atom stereocenters. The zero-order chi connectivity index (χ0) is 23.9. The molecule has 168 valence electrons. The summed E-state index contributed by atoms with van der Waals surface area (Å²) in [6.45, 7) is 1.01. The van der Waals surface area contributed by atoms with Crippen molar-refractivity contribution in [3.8, 4) is 0 Å². The summed E-state index contributed by atoms with van der Waals surface area (Å²) in [6.07, 6.45) is -11.9. The Hall–Kier alpha value is -3.44. The molecule has 0 bridgehead atoms. The first-order valence-corrected chi connectivity index (χ1v) is 8.87. The van der Waals surface area contributed by atoms with Gasteiger partial charge in [0.1, 0.15) is 5.41 Å². The summed E-state index contributed by atoms with van der Waals surface area (Å²) in [7, 11) is 0.